The van der Waals surface area contributed by atoms with Gasteiger partial charge in [0.15, 0.2) is 0 Å². The van der Waals surface area contributed by atoms with Crippen molar-refractivity contribution in [2.75, 3.05) is 14.2 Å². The molecule has 4 rings (SSSR count). The van der Waals surface area contributed by atoms with Crippen molar-refractivity contribution in [3.05, 3.63) is 16.8 Å². The van der Waals surface area contributed by atoms with Gasteiger partial charge in [0, 0.05) is 19.1 Å². The third-order valence-corrected chi connectivity index (χ3v) is 5.50. The van der Waals surface area contributed by atoms with Crippen LogP contribution in [-0.4, -0.2) is 30.3 Å². The lowest BCUT2D eigenvalue weighted by Gasteiger charge is -2.22. The van der Waals surface area contributed by atoms with Crippen LogP contribution in [0.1, 0.15) is 49.0 Å². The molecule has 2 heterocycles. The maximum Gasteiger partial charge on any atom is 0.225 e. The minimum atomic E-state index is 0.365. The monoisotopic (exact) mass is 320 g/mol. The van der Waals surface area contributed by atoms with Gasteiger partial charge in [0.25, 0.3) is 0 Å². The fourth-order valence-electron chi connectivity index (χ4n) is 3.33. The third-order valence-electron chi connectivity index (χ3n) is 4.30. The highest BCUT2D eigenvalue weighted by Crippen LogP contribution is 2.40. The van der Waals surface area contributed by atoms with Gasteiger partial charge in [-0.25, -0.2) is 9.97 Å². The van der Waals surface area contributed by atoms with Crippen LogP contribution in [0.15, 0.2) is 6.33 Å². The van der Waals surface area contributed by atoms with Gasteiger partial charge in [-0.3, -0.25) is 0 Å². The van der Waals surface area contributed by atoms with E-state index in [4.69, 9.17) is 4.74 Å². The van der Waals surface area contributed by atoms with Crippen molar-refractivity contribution in [2.24, 2.45) is 0 Å². The molecule has 0 bridgehead atoms. The van der Waals surface area contributed by atoms with Crippen LogP contribution >= 0.6 is 11.3 Å². The van der Waals surface area contributed by atoms with Gasteiger partial charge in [-0.15, -0.1) is 11.3 Å². The first kappa shape index (κ1) is 15.7. The van der Waals surface area contributed by atoms with Crippen molar-refractivity contribution >= 4 is 21.6 Å². The quantitative estimate of drug-likeness (QED) is 0.833. The standard InChI is InChI=1S/C15H18N2OS.C2H6O/c1-2-5-10(6-3-1)18-14-13-11-7-4-8-12(11)19-15(13)17-9-16-14;1-3-2/h9-10H,1-8H2;1-2H3. The summed E-state index contributed by atoms with van der Waals surface area (Å²) in [7, 11) is 3.25. The first-order chi connectivity index (χ1) is 10.8. The Kier molecular flexibility index (Phi) is 5.26. The van der Waals surface area contributed by atoms with E-state index in [1.165, 1.54) is 67.2 Å². The van der Waals surface area contributed by atoms with E-state index < -0.39 is 0 Å². The number of methoxy groups -OCH3 is 1. The highest BCUT2D eigenvalue weighted by Gasteiger charge is 2.23. The van der Waals surface area contributed by atoms with Crippen molar-refractivity contribution in [3.63, 3.8) is 0 Å². The normalized spacial score (nSPS) is 17.9. The molecule has 1 fully saturated rings. The van der Waals surface area contributed by atoms with Crippen LogP contribution < -0.4 is 4.74 Å². The van der Waals surface area contributed by atoms with Crippen LogP contribution in [0.3, 0.4) is 0 Å². The molecule has 1 saturated carbocycles. The average Bonchev–Trinajstić information content (AvgIpc) is 3.10. The molecule has 2 aliphatic rings. The zero-order valence-electron chi connectivity index (χ0n) is 13.4. The minimum Gasteiger partial charge on any atom is -0.474 e. The number of nitrogens with zero attached hydrogens (tertiary/aromatic N) is 2. The summed E-state index contributed by atoms with van der Waals surface area (Å²) in [5, 5.41) is 1.21. The van der Waals surface area contributed by atoms with Crippen molar-refractivity contribution in [2.45, 2.75) is 57.5 Å². The molecule has 0 aliphatic heterocycles. The van der Waals surface area contributed by atoms with Crippen LogP contribution in [-0.2, 0) is 17.6 Å². The van der Waals surface area contributed by atoms with Gasteiger partial charge in [-0.2, -0.15) is 0 Å². The number of rotatable bonds is 2. The van der Waals surface area contributed by atoms with E-state index in [9.17, 15) is 0 Å². The second-order valence-corrected chi connectivity index (χ2v) is 7.09. The Morgan fingerprint density at radius 2 is 1.82 bits per heavy atom. The van der Waals surface area contributed by atoms with Gasteiger partial charge >= 0.3 is 0 Å². The number of aromatic nitrogens is 2. The molecule has 0 saturated heterocycles. The summed E-state index contributed by atoms with van der Waals surface area (Å²) >= 11 is 1.83. The van der Waals surface area contributed by atoms with Gasteiger partial charge in [-0.1, -0.05) is 6.42 Å². The highest BCUT2D eigenvalue weighted by atomic mass is 32.1. The fraction of sp³-hybridized carbons (Fsp3) is 0.647. The number of ether oxygens (including phenoxy) is 2. The molecule has 2 aliphatic carbocycles. The first-order valence-corrected chi connectivity index (χ1v) is 8.97. The minimum absolute atomic E-state index is 0.365. The third kappa shape index (κ3) is 3.25. The summed E-state index contributed by atoms with van der Waals surface area (Å²) in [6, 6.07) is 0. The zero-order valence-corrected chi connectivity index (χ0v) is 14.2. The SMILES string of the molecule is COC.c1nc(OC2CCCCC2)c2c3c(sc2n1)CCC3. The summed E-state index contributed by atoms with van der Waals surface area (Å²) in [6.07, 6.45) is 12.0. The fourth-order valence-corrected chi connectivity index (χ4v) is 4.55. The number of hydrogen-bond donors (Lipinski definition) is 0. The molecule has 0 amide bonds. The summed E-state index contributed by atoms with van der Waals surface area (Å²) in [4.78, 5) is 11.5. The molecule has 0 N–H and O–H groups in total. The highest BCUT2D eigenvalue weighted by molar-refractivity contribution is 7.18. The van der Waals surface area contributed by atoms with Crippen molar-refractivity contribution in [1.82, 2.24) is 9.97 Å². The van der Waals surface area contributed by atoms with E-state index in [2.05, 4.69) is 14.7 Å². The predicted octanol–water partition coefficient (Wildman–Crippen LogP) is 4.15. The van der Waals surface area contributed by atoms with E-state index >= 15 is 0 Å². The van der Waals surface area contributed by atoms with E-state index in [1.54, 1.807) is 20.5 Å². The average molecular weight is 320 g/mol. The van der Waals surface area contributed by atoms with Crippen LogP contribution in [0.2, 0.25) is 0 Å². The molecule has 22 heavy (non-hydrogen) atoms. The topological polar surface area (TPSA) is 44.2 Å². The van der Waals surface area contributed by atoms with Gasteiger partial charge in [0.1, 0.15) is 17.3 Å². The summed E-state index contributed by atoms with van der Waals surface area (Å²) in [5.41, 5.74) is 1.46. The van der Waals surface area contributed by atoms with Crippen LogP contribution in [0, 0.1) is 0 Å². The Morgan fingerprint density at radius 3 is 2.59 bits per heavy atom. The predicted molar refractivity (Wildman–Crippen MR) is 89.9 cm³/mol. The number of fused-ring (bicyclic) bond motifs is 3. The van der Waals surface area contributed by atoms with Crippen molar-refractivity contribution in [3.8, 4) is 5.88 Å². The molecule has 120 valence electrons. The molecule has 0 atom stereocenters. The van der Waals surface area contributed by atoms with E-state index in [-0.39, 0.29) is 0 Å². The first-order valence-electron chi connectivity index (χ1n) is 8.15. The lowest BCUT2D eigenvalue weighted by molar-refractivity contribution is 0.151. The number of hydrogen-bond acceptors (Lipinski definition) is 5. The largest absolute Gasteiger partial charge is 0.474 e. The van der Waals surface area contributed by atoms with E-state index in [0.29, 0.717) is 6.10 Å². The van der Waals surface area contributed by atoms with Crippen LogP contribution in [0.5, 0.6) is 5.88 Å². The second-order valence-electron chi connectivity index (χ2n) is 6.00. The molecule has 4 nitrogen and oxygen atoms in total. The summed E-state index contributed by atoms with van der Waals surface area (Å²) in [5.74, 6) is 0.844. The van der Waals surface area contributed by atoms with Gasteiger partial charge in [-0.05, 0) is 50.5 Å². The van der Waals surface area contributed by atoms with Crippen LogP contribution in [0.25, 0.3) is 10.2 Å². The Morgan fingerprint density at radius 1 is 1.05 bits per heavy atom. The molecular weight excluding hydrogens is 296 g/mol. The molecule has 0 unspecified atom stereocenters. The van der Waals surface area contributed by atoms with Gasteiger partial charge < -0.3 is 9.47 Å². The van der Waals surface area contributed by atoms with Crippen molar-refractivity contribution < 1.29 is 9.47 Å². The maximum absolute atomic E-state index is 6.21. The summed E-state index contributed by atoms with van der Waals surface area (Å²) < 4.78 is 10.5. The van der Waals surface area contributed by atoms with Gasteiger partial charge in [0.05, 0.1) is 5.39 Å². The Labute approximate surface area is 135 Å². The second kappa shape index (κ2) is 7.38. The molecule has 0 spiro atoms. The Bertz CT molecular complexity index is 620. The van der Waals surface area contributed by atoms with Crippen molar-refractivity contribution in [1.29, 1.82) is 0 Å². The summed E-state index contributed by atoms with van der Waals surface area (Å²) in [6.45, 7) is 0. The molecule has 2 aromatic heterocycles. The number of thiophene rings is 1. The number of aryl methyl sites for hydroxylation is 2. The van der Waals surface area contributed by atoms with E-state index in [1.807, 2.05) is 11.3 Å². The Hall–Kier alpha value is -1.20. The molecular formula is C17H24N2O2S. The molecule has 0 aromatic carbocycles. The zero-order chi connectivity index (χ0) is 15.4. The lowest BCUT2D eigenvalue weighted by Crippen LogP contribution is -2.20. The molecule has 0 radical (unpaired) electrons. The lowest BCUT2D eigenvalue weighted by atomic mass is 9.98. The molecule has 5 heteroatoms. The van der Waals surface area contributed by atoms with Crippen LogP contribution in [0.4, 0.5) is 0 Å². The smallest absolute Gasteiger partial charge is 0.225 e. The maximum atomic E-state index is 6.21. The van der Waals surface area contributed by atoms with E-state index in [0.717, 1.165) is 10.7 Å². The van der Waals surface area contributed by atoms with Gasteiger partial charge in [0.2, 0.25) is 5.88 Å². The molecule has 2 aromatic rings. The Balaban J connectivity index is 0.000000446.